The minimum Gasteiger partial charge on any atom is -0.494 e. The van der Waals surface area contributed by atoms with Crippen molar-refractivity contribution in [2.45, 2.75) is 59.0 Å². The lowest BCUT2D eigenvalue weighted by Crippen LogP contribution is -2.38. The maximum atomic E-state index is 14.2. The zero-order valence-corrected chi connectivity index (χ0v) is 22.5. The number of hydrogen-bond donors (Lipinski definition) is 1. The lowest BCUT2D eigenvalue weighted by Gasteiger charge is -2.32. The van der Waals surface area contributed by atoms with Crippen molar-refractivity contribution < 1.29 is 9.53 Å². The summed E-state index contributed by atoms with van der Waals surface area (Å²) in [6.07, 6.45) is 6.85. The number of aryl methyl sites for hydroxylation is 3. The van der Waals surface area contributed by atoms with Gasteiger partial charge >= 0.3 is 6.03 Å². The Morgan fingerprint density at radius 3 is 2.68 bits per heavy atom. The van der Waals surface area contributed by atoms with Crippen LogP contribution in [0, 0.1) is 13.8 Å². The highest BCUT2D eigenvalue weighted by atomic mass is 32.1. The first-order valence-electron chi connectivity index (χ1n) is 13.2. The molecule has 190 valence electrons. The topological polar surface area (TPSA) is 46.5 Å². The van der Waals surface area contributed by atoms with Crippen LogP contribution in [0.25, 0.3) is 5.00 Å². The largest absolute Gasteiger partial charge is 0.494 e. The van der Waals surface area contributed by atoms with E-state index in [4.69, 9.17) is 4.74 Å². The number of rotatable bonds is 4. The Morgan fingerprint density at radius 1 is 1.05 bits per heavy atom. The van der Waals surface area contributed by atoms with Crippen LogP contribution in [0.3, 0.4) is 0 Å². The van der Waals surface area contributed by atoms with E-state index in [-0.39, 0.29) is 12.1 Å². The van der Waals surface area contributed by atoms with E-state index in [0.29, 0.717) is 13.2 Å². The van der Waals surface area contributed by atoms with Gasteiger partial charge in [0, 0.05) is 22.3 Å². The zero-order chi connectivity index (χ0) is 25.5. The first-order chi connectivity index (χ1) is 18.0. The van der Waals surface area contributed by atoms with Gasteiger partial charge in [-0.05, 0) is 99.0 Å². The Morgan fingerprint density at radius 2 is 1.86 bits per heavy atom. The van der Waals surface area contributed by atoms with Crippen molar-refractivity contribution in [1.29, 1.82) is 0 Å². The predicted octanol–water partition coefficient (Wildman–Crippen LogP) is 7.57. The molecule has 4 aromatic rings. The van der Waals surface area contributed by atoms with Gasteiger partial charge in [-0.2, -0.15) is 0 Å². The summed E-state index contributed by atoms with van der Waals surface area (Å²) in [6.45, 7) is 7.30. The molecule has 2 aromatic heterocycles. The summed E-state index contributed by atoms with van der Waals surface area (Å²) in [5.41, 5.74) is 8.00. The molecular formula is C31H33N3O2S. The van der Waals surface area contributed by atoms with Gasteiger partial charge in [0.15, 0.2) is 0 Å². The van der Waals surface area contributed by atoms with E-state index in [1.54, 1.807) is 0 Å². The third-order valence-electron chi connectivity index (χ3n) is 7.58. The van der Waals surface area contributed by atoms with E-state index >= 15 is 0 Å². The summed E-state index contributed by atoms with van der Waals surface area (Å²) in [5, 5.41) is 4.53. The third-order valence-corrected chi connectivity index (χ3v) is 8.91. The molecule has 2 aromatic carbocycles. The summed E-state index contributed by atoms with van der Waals surface area (Å²) >= 11 is 1.91. The molecule has 1 atom stereocenters. The molecule has 0 unspecified atom stereocenters. The summed E-state index contributed by atoms with van der Waals surface area (Å²) in [5.74, 6) is 0.842. The number of nitrogens with one attached hydrogen (secondary N) is 1. The molecule has 1 aliphatic carbocycles. The van der Waals surface area contributed by atoms with E-state index in [9.17, 15) is 4.79 Å². The van der Waals surface area contributed by atoms with E-state index in [0.717, 1.165) is 46.7 Å². The van der Waals surface area contributed by atoms with Gasteiger partial charge in [0.05, 0.1) is 24.9 Å². The Kier molecular flexibility index (Phi) is 6.29. The second-order valence-electron chi connectivity index (χ2n) is 10.1. The number of thiophene rings is 1. The standard InChI is InChI=1S/C31H33N3O2S/c1-4-36-23-15-13-22(14-16-23)29-27-9-7-17-33(27)30-25(24-8-5-6-10-28(24)37-30)19-34(29)31(35)32-26-18-20(2)11-12-21(26)3/h7,9,11-18,29H,4-6,8,10,19H2,1-3H3,(H,32,35)/t29-/m0/s1. The van der Waals surface area contributed by atoms with Crippen LogP contribution in [0.2, 0.25) is 0 Å². The Hall–Kier alpha value is -3.51. The number of hydrogen-bond acceptors (Lipinski definition) is 3. The number of carbonyl (C=O) groups excluding carboxylic acids is 1. The number of ether oxygens (including phenoxy) is 1. The van der Waals surface area contributed by atoms with E-state index in [1.165, 1.54) is 33.8 Å². The lowest BCUT2D eigenvalue weighted by atomic mass is 9.95. The lowest BCUT2D eigenvalue weighted by molar-refractivity contribution is 0.194. The van der Waals surface area contributed by atoms with Crippen molar-refractivity contribution in [2.75, 3.05) is 11.9 Å². The number of benzene rings is 2. The molecule has 6 heteroatoms. The second kappa shape index (κ2) is 9.75. The van der Waals surface area contributed by atoms with Crippen LogP contribution in [-0.2, 0) is 19.4 Å². The van der Waals surface area contributed by atoms with Gasteiger partial charge in [-0.25, -0.2) is 4.79 Å². The number of fused-ring (bicyclic) bond motifs is 5. The van der Waals surface area contributed by atoms with Crippen molar-refractivity contribution >= 4 is 23.1 Å². The molecule has 1 N–H and O–H groups in total. The van der Waals surface area contributed by atoms with Crippen LogP contribution in [0.5, 0.6) is 5.75 Å². The average molecular weight is 512 g/mol. The first kappa shape index (κ1) is 23.9. The van der Waals surface area contributed by atoms with Gasteiger partial charge in [0.2, 0.25) is 0 Å². The molecule has 3 heterocycles. The monoisotopic (exact) mass is 511 g/mol. The molecule has 0 radical (unpaired) electrons. The van der Waals surface area contributed by atoms with Crippen molar-refractivity contribution in [3.8, 4) is 10.8 Å². The molecule has 5 nitrogen and oxygen atoms in total. The van der Waals surface area contributed by atoms with Crippen LogP contribution < -0.4 is 10.1 Å². The maximum Gasteiger partial charge on any atom is 0.322 e. The molecular weight excluding hydrogens is 478 g/mol. The van der Waals surface area contributed by atoms with Crippen molar-refractivity contribution in [3.05, 3.63) is 99.2 Å². The molecule has 0 spiro atoms. The first-order valence-corrected chi connectivity index (χ1v) is 14.0. The normalized spacial score (nSPS) is 16.4. The van der Waals surface area contributed by atoms with Crippen molar-refractivity contribution in [1.82, 2.24) is 9.47 Å². The Labute approximate surface area is 222 Å². The highest BCUT2D eigenvalue weighted by Gasteiger charge is 2.36. The number of amides is 2. The van der Waals surface area contributed by atoms with E-state index in [2.05, 4.69) is 65.5 Å². The van der Waals surface area contributed by atoms with Gasteiger partial charge < -0.3 is 19.5 Å². The average Bonchev–Trinajstić information content (AvgIpc) is 3.49. The smallest absolute Gasteiger partial charge is 0.322 e. The molecule has 0 saturated heterocycles. The summed E-state index contributed by atoms with van der Waals surface area (Å²) in [6, 6.07) is 18.4. The highest BCUT2D eigenvalue weighted by molar-refractivity contribution is 7.15. The summed E-state index contributed by atoms with van der Waals surface area (Å²) < 4.78 is 8.03. The maximum absolute atomic E-state index is 14.2. The van der Waals surface area contributed by atoms with Crippen LogP contribution in [0.1, 0.15) is 64.2 Å². The number of carbonyl (C=O) groups is 1. The number of urea groups is 1. The van der Waals surface area contributed by atoms with Gasteiger partial charge in [0.25, 0.3) is 0 Å². The van der Waals surface area contributed by atoms with E-state index in [1.807, 2.05) is 42.2 Å². The Bertz CT molecular complexity index is 1450. The van der Waals surface area contributed by atoms with Crippen molar-refractivity contribution in [2.24, 2.45) is 0 Å². The predicted molar refractivity (Wildman–Crippen MR) is 150 cm³/mol. The SMILES string of the molecule is CCOc1ccc([C@H]2c3cccn3-c3sc4c(c3CN2C(=O)Nc2cc(C)ccc2C)CCCC4)cc1. The van der Waals surface area contributed by atoms with Gasteiger partial charge in [0.1, 0.15) is 10.8 Å². The van der Waals surface area contributed by atoms with Gasteiger partial charge in [-0.1, -0.05) is 24.3 Å². The molecule has 2 amide bonds. The number of anilines is 1. The van der Waals surface area contributed by atoms with Crippen molar-refractivity contribution in [3.63, 3.8) is 0 Å². The second-order valence-corrected chi connectivity index (χ2v) is 11.2. The van der Waals surface area contributed by atoms with Crippen LogP contribution in [0.4, 0.5) is 10.5 Å². The third kappa shape index (κ3) is 4.33. The minimum atomic E-state index is -0.227. The zero-order valence-electron chi connectivity index (χ0n) is 21.7. The number of nitrogens with zero attached hydrogens (tertiary/aromatic N) is 2. The fraction of sp³-hybridized carbons (Fsp3) is 0.323. The van der Waals surface area contributed by atoms with Crippen LogP contribution >= 0.6 is 11.3 Å². The fourth-order valence-corrected chi connectivity index (χ4v) is 7.11. The molecule has 0 fully saturated rings. The van der Waals surface area contributed by atoms with Gasteiger partial charge in [-0.15, -0.1) is 11.3 Å². The molecule has 37 heavy (non-hydrogen) atoms. The van der Waals surface area contributed by atoms with Gasteiger partial charge in [-0.3, -0.25) is 0 Å². The quantitative estimate of drug-likeness (QED) is 0.307. The summed E-state index contributed by atoms with van der Waals surface area (Å²) in [7, 11) is 0. The molecule has 1 aliphatic heterocycles. The van der Waals surface area contributed by atoms with Crippen LogP contribution in [-0.4, -0.2) is 22.1 Å². The molecule has 6 rings (SSSR count). The summed E-state index contributed by atoms with van der Waals surface area (Å²) in [4.78, 5) is 17.7. The highest BCUT2D eigenvalue weighted by Crippen LogP contribution is 2.44. The number of aromatic nitrogens is 1. The molecule has 0 saturated carbocycles. The fourth-order valence-electron chi connectivity index (χ4n) is 5.71. The molecule has 0 bridgehead atoms. The minimum absolute atomic E-state index is 0.0797. The van der Waals surface area contributed by atoms with E-state index < -0.39 is 0 Å². The van der Waals surface area contributed by atoms with Crippen LogP contribution in [0.15, 0.2) is 60.8 Å². The molecule has 2 aliphatic rings. The Balaban J connectivity index is 1.48.